The Morgan fingerprint density at radius 1 is 1.06 bits per heavy atom. The lowest BCUT2D eigenvalue weighted by Crippen LogP contribution is -1.90. The minimum Gasteiger partial charge on any atom is -0.494 e. The fourth-order valence-corrected chi connectivity index (χ4v) is 1.50. The third-order valence-electron chi connectivity index (χ3n) is 2.33. The van der Waals surface area contributed by atoms with Crippen molar-refractivity contribution in [1.29, 1.82) is 0 Å². The number of ether oxygens (including phenoxy) is 1. The first kappa shape index (κ1) is 11.4. The molecule has 0 fully saturated rings. The molecular weight excluding hydrogens is 210 g/mol. The van der Waals surface area contributed by atoms with Gasteiger partial charge < -0.3 is 4.74 Å². The summed E-state index contributed by atoms with van der Waals surface area (Å²) in [5, 5.41) is 0. The van der Waals surface area contributed by atoms with Gasteiger partial charge in [-0.25, -0.2) is 0 Å². The highest BCUT2D eigenvalue weighted by Gasteiger charge is 1.91. The highest BCUT2D eigenvalue weighted by Crippen LogP contribution is 2.13. The topological polar surface area (TPSA) is 22.1 Å². The molecule has 2 nitrogen and oxygen atoms in total. The van der Waals surface area contributed by atoms with Crippen molar-refractivity contribution in [3.63, 3.8) is 0 Å². The Morgan fingerprint density at radius 3 is 2.53 bits per heavy atom. The van der Waals surface area contributed by atoms with Crippen LogP contribution in [-0.2, 0) is 0 Å². The van der Waals surface area contributed by atoms with E-state index in [-0.39, 0.29) is 0 Å². The predicted octanol–water partition coefficient (Wildman–Crippen LogP) is 3.65. The third-order valence-corrected chi connectivity index (χ3v) is 2.33. The minimum absolute atomic E-state index is 0.698. The van der Waals surface area contributed by atoms with Gasteiger partial charge in [-0.05, 0) is 42.8 Å². The molecule has 0 spiro atoms. The molecule has 0 bridgehead atoms. The maximum atomic E-state index is 5.39. The first-order chi connectivity index (χ1) is 8.38. The molecule has 0 aliphatic heterocycles. The van der Waals surface area contributed by atoms with Crippen molar-refractivity contribution in [2.45, 2.75) is 6.92 Å². The Balaban J connectivity index is 2.06. The molecule has 1 aromatic heterocycles. The van der Waals surface area contributed by atoms with Gasteiger partial charge in [0.15, 0.2) is 0 Å². The first-order valence-electron chi connectivity index (χ1n) is 5.70. The van der Waals surface area contributed by atoms with E-state index in [0.717, 1.165) is 17.0 Å². The number of pyridine rings is 1. The Labute approximate surface area is 102 Å². The van der Waals surface area contributed by atoms with Crippen molar-refractivity contribution >= 4 is 12.2 Å². The second-order valence-corrected chi connectivity index (χ2v) is 3.59. The summed E-state index contributed by atoms with van der Waals surface area (Å²) in [5.41, 5.74) is 2.10. The van der Waals surface area contributed by atoms with Gasteiger partial charge >= 0.3 is 0 Å². The van der Waals surface area contributed by atoms with Crippen LogP contribution in [0.1, 0.15) is 18.2 Å². The van der Waals surface area contributed by atoms with E-state index in [4.69, 9.17) is 4.74 Å². The van der Waals surface area contributed by atoms with Crippen molar-refractivity contribution < 1.29 is 4.74 Å². The number of hydrogen-bond donors (Lipinski definition) is 0. The molecule has 2 aromatic rings. The molecule has 2 rings (SSSR count). The molecule has 1 aromatic carbocycles. The lowest BCUT2D eigenvalue weighted by molar-refractivity contribution is 0.340. The molecule has 0 saturated carbocycles. The number of hydrogen-bond acceptors (Lipinski definition) is 2. The summed E-state index contributed by atoms with van der Waals surface area (Å²) >= 11 is 0. The summed E-state index contributed by atoms with van der Waals surface area (Å²) in [6.07, 6.45) is 5.83. The second-order valence-electron chi connectivity index (χ2n) is 3.59. The van der Waals surface area contributed by atoms with E-state index in [2.05, 4.69) is 4.98 Å². The summed E-state index contributed by atoms with van der Waals surface area (Å²) in [7, 11) is 0. The molecule has 86 valence electrons. The highest BCUT2D eigenvalue weighted by atomic mass is 16.5. The van der Waals surface area contributed by atoms with Gasteiger partial charge in [0.25, 0.3) is 0 Å². The van der Waals surface area contributed by atoms with E-state index >= 15 is 0 Å². The van der Waals surface area contributed by atoms with Crippen molar-refractivity contribution in [2.75, 3.05) is 6.61 Å². The predicted molar refractivity (Wildman–Crippen MR) is 70.8 cm³/mol. The van der Waals surface area contributed by atoms with Crippen LogP contribution in [0.25, 0.3) is 12.2 Å². The number of nitrogens with zero attached hydrogens (tertiary/aromatic N) is 1. The Kier molecular flexibility index (Phi) is 3.92. The summed E-state index contributed by atoms with van der Waals surface area (Å²) in [6, 6.07) is 13.9. The SMILES string of the molecule is CCOc1ccc(/C=C/c2ccccn2)cc1. The van der Waals surface area contributed by atoms with Crippen LogP contribution in [-0.4, -0.2) is 11.6 Å². The van der Waals surface area contributed by atoms with Crippen LogP contribution < -0.4 is 4.74 Å². The fourth-order valence-electron chi connectivity index (χ4n) is 1.50. The van der Waals surface area contributed by atoms with Gasteiger partial charge in [0.05, 0.1) is 12.3 Å². The molecular formula is C15H15NO. The normalized spacial score (nSPS) is 10.6. The summed E-state index contributed by atoms with van der Waals surface area (Å²) < 4.78 is 5.39. The van der Waals surface area contributed by atoms with Crippen molar-refractivity contribution in [2.24, 2.45) is 0 Å². The average Bonchev–Trinajstić information content (AvgIpc) is 2.40. The number of rotatable bonds is 4. The largest absolute Gasteiger partial charge is 0.494 e. The van der Waals surface area contributed by atoms with Crippen molar-refractivity contribution in [3.8, 4) is 5.75 Å². The van der Waals surface area contributed by atoms with Gasteiger partial charge in [-0.2, -0.15) is 0 Å². The van der Waals surface area contributed by atoms with E-state index in [1.807, 2.05) is 61.5 Å². The van der Waals surface area contributed by atoms with Crippen LogP contribution in [0, 0.1) is 0 Å². The third kappa shape index (κ3) is 3.45. The van der Waals surface area contributed by atoms with Crippen LogP contribution in [0.5, 0.6) is 5.75 Å². The molecule has 0 aliphatic carbocycles. The molecule has 0 unspecified atom stereocenters. The molecule has 1 heterocycles. The van der Waals surface area contributed by atoms with Gasteiger partial charge in [-0.1, -0.05) is 24.3 Å². The molecule has 0 radical (unpaired) electrons. The molecule has 0 amide bonds. The highest BCUT2D eigenvalue weighted by molar-refractivity contribution is 5.68. The zero-order valence-corrected chi connectivity index (χ0v) is 9.84. The summed E-state index contributed by atoms with van der Waals surface area (Å²) in [6.45, 7) is 2.68. The van der Waals surface area contributed by atoms with Crippen LogP contribution >= 0.6 is 0 Å². The standard InChI is InChI=1S/C15H15NO/c1-2-17-15-10-7-13(8-11-15)6-9-14-5-3-4-12-16-14/h3-12H,2H2,1H3/b9-6+. The van der Waals surface area contributed by atoms with Gasteiger partial charge in [-0.15, -0.1) is 0 Å². The number of aromatic nitrogens is 1. The quantitative estimate of drug-likeness (QED) is 0.792. The summed E-state index contributed by atoms with van der Waals surface area (Å²) in [4.78, 5) is 4.23. The first-order valence-corrected chi connectivity index (χ1v) is 5.70. The Morgan fingerprint density at radius 2 is 1.88 bits per heavy atom. The van der Waals surface area contributed by atoms with Crippen LogP contribution in [0.2, 0.25) is 0 Å². The lowest BCUT2D eigenvalue weighted by Gasteiger charge is -2.02. The number of benzene rings is 1. The molecule has 0 atom stereocenters. The van der Waals surface area contributed by atoms with Crippen LogP contribution in [0.4, 0.5) is 0 Å². The summed E-state index contributed by atoms with van der Waals surface area (Å²) in [5.74, 6) is 0.905. The monoisotopic (exact) mass is 225 g/mol. The molecule has 17 heavy (non-hydrogen) atoms. The minimum atomic E-state index is 0.698. The van der Waals surface area contributed by atoms with Gasteiger partial charge in [0, 0.05) is 6.20 Å². The van der Waals surface area contributed by atoms with Crippen molar-refractivity contribution in [3.05, 3.63) is 59.9 Å². The molecule has 0 N–H and O–H groups in total. The van der Waals surface area contributed by atoms with E-state index in [1.165, 1.54) is 0 Å². The van der Waals surface area contributed by atoms with Gasteiger partial charge in [-0.3, -0.25) is 4.98 Å². The lowest BCUT2D eigenvalue weighted by atomic mass is 10.2. The van der Waals surface area contributed by atoms with Gasteiger partial charge in [0.1, 0.15) is 5.75 Å². The van der Waals surface area contributed by atoms with Crippen LogP contribution in [0.15, 0.2) is 48.7 Å². The molecule has 0 saturated heterocycles. The van der Waals surface area contributed by atoms with E-state index < -0.39 is 0 Å². The Bertz CT molecular complexity index is 474. The maximum absolute atomic E-state index is 5.39. The zero-order chi connectivity index (χ0) is 11.9. The van der Waals surface area contributed by atoms with E-state index in [0.29, 0.717) is 6.61 Å². The maximum Gasteiger partial charge on any atom is 0.119 e. The van der Waals surface area contributed by atoms with E-state index in [1.54, 1.807) is 6.20 Å². The Hall–Kier alpha value is -2.09. The second kappa shape index (κ2) is 5.85. The smallest absolute Gasteiger partial charge is 0.119 e. The molecule has 2 heteroatoms. The van der Waals surface area contributed by atoms with Crippen molar-refractivity contribution in [1.82, 2.24) is 4.98 Å². The zero-order valence-electron chi connectivity index (χ0n) is 9.84. The fraction of sp³-hybridized carbons (Fsp3) is 0.133. The van der Waals surface area contributed by atoms with Gasteiger partial charge in [0.2, 0.25) is 0 Å². The van der Waals surface area contributed by atoms with Crippen LogP contribution in [0.3, 0.4) is 0 Å². The average molecular weight is 225 g/mol. The van der Waals surface area contributed by atoms with E-state index in [9.17, 15) is 0 Å². The molecule has 0 aliphatic rings.